The molecule has 0 aliphatic carbocycles. The molecule has 2 aromatic carbocycles. The summed E-state index contributed by atoms with van der Waals surface area (Å²) in [5, 5.41) is 15.7. The molecule has 1 saturated heterocycles. The van der Waals surface area contributed by atoms with E-state index < -0.39 is 23.7 Å². The van der Waals surface area contributed by atoms with Gasteiger partial charge in [0, 0.05) is 49.3 Å². The fourth-order valence-corrected chi connectivity index (χ4v) is 4.94. The van der Waals surface area contributed by atoms with Gasteiger partial charge in [0.15, 0.2) is 0 Å². The van der Waals surface area contributed by atoms with Gasteiger partial charge in [-0.05, 0) is 78.9 Å². The van der Waals surface area contributed by atoms with E-state index >= 15 is 0 Å². The molecule has 2 amide bonds. The van der Waals surface area contributed by atoms with Gasteiger partial charge in [0.05, 0.1) is 0 Å². The Hall–Kier alpha value is -4.27. The molecule has 0 spiro atoms. The molecule has 9 heteroatoms. The van der Waals surface area contributed by atoms with Crippen molar-refractivity contribution in [2.45, 2.75) is 46.1 Å². The first-order valence-electron chi connectivity index (χ1n) is 13.0. The van der Waals surface area contributed by atoms with E-state index in [-0.39, 0.29) is 18.2 Å². The quantitative estimate of drug-likeness (QED) is 0.359. The Morgan fingerprint density at radius 1 is 1.15 bits per heavy atom. The van der Waals surface area contributed by atoms with Crippen LogP contribution < -0.4 is 15.5 Å². The lowest BCUT2D eigenvalue weighted by Crippen LogP contribution is -2.42. The van der Waals surface area contributed by atoms with Crippen LogP contribution in [0.4, 0.5) is 15.9 Å². The first-order chi connectivity index (χ1) is 18.6. The molecule has 2 heterocycles. The van der Waals surface area contributed by atoms with Gasteiger partial charge in [-0.1, -0.05) is 19.1 Å². The van der Waals surface area contributed by atoms with E-state index in [4.69, 9.17) is 0 Å². The topological polar surface area (TPSA) is 112 Å². The lowest BCUT2D eigenvalue weighted by molar-refractivity contribution is -0.139. The van der Waals surface area contributed by atoms with Crippen molar-refractivity contribution in [1.29, 1.82) is 0 Å². The zero-order chi connectivity index (χ0) is 28.1. The summed E-state index contributed by atoms with van der Waals surface area (Å²) < 4.78 is 13.8. The highest BCUT2D eigenvalue weighted by molar-refractivity contribution is 5.99. The SMILES string of the molecule is CCc1cc(F)cc(C)c1C(=O)NC(Cc1ccc(N2CC(CNc3cc(C)ccn3)CC2=O)cc1)C(=O)O. The smallest absolute Gasteiger partial charge is 0.326 e. The molecular formula is C30H33FN4O4. The summed E-state index contributed by atoms with van der Waals surface area (Å²) in [5.74, 6) is -1.20. The molecule has 0 radical (unpaired) electrons. The Bertz CT molecular complexity index is 1380. The molecule has 0 bridgehead atoms. The molecule has 1 aromatic heterocycles. The molecule has 39 heavy (non-hydrogen) atoms. The number of hydrogen-bond acceptors (Lipinski definition) is 5. The highest BCUT2D eigenvalue weighted by Gasteiger charge is 2.31. The molecule has 3 N–H and O–H groups in total. The molecule has 0 saturated carbocycles. The number of carboxylic acid groups (broad SMARTS) is 1. The van der Waals surface area contributed by atoms with Crippen LogP contribution in [-0.2, 0) is 22.4 Å². The first kappa shape index (κ1) is 27.8. The van der Waals surface area contributed by atoms with E-state index in [0.29, 0.717) is 48.2 Å². The maximum absolute atomic E-state index is 13.8. The third-order valence-electron chi connectivity index (χ3n) is 6.97. The van der Waals surface area contributed by atoms with E-state index in [1.807, 2.05) is 26.0 Å². The molecule has 2 unspecified atom stereocenters. The van der Waals surface area contributed by atoms with Gasteiger partial charge in [-0.25, -0.2) is 14.2 Å². The van der Waals surface area contributed by atoms with Crippen LogP contribution >= 0.6 is 0 Å². The number of aryl methyl sites for hydroxylation is 3. The molecule has 1 fully saturated rings. The zero-order valence-corrected chi connectivity index (χ0v) is 22.3. The van der Waals surface area contributed by atoms with Crippen LogP contribution in [0, 0.1) is 25.6 Å². The summed E-state index contributed by atoms with van der Waals surface area (Å²) in [4.78, 5) is 43.7. The average Bonchev–Trinajstić information content (AvgIpc) is 3.27. The summed E-state index contributed by atoms with van der Waals surface area (Å²) in [6, 6.07) is 12.4. The van der Waals surface area contributed by atoms with Crippen LogP contribution in [0.3, 0.4) is 0 Å². The van der Waals surface area contributed by atoms with Crippen molar-refractivity contribution in [2.24, 2.45) is 5.92 Å². The number of anilines is 2. The zero-order valence-electron chi connectivity index (χ0n) is 22.3. The Labute approximate surface area is 227 Å². The average molecular weight is 533 g/mol. The van der Waals surface area contributed by atoms with Crippen LogP contribution in [0.1, 0.15) is 46.0 Å². The third kappa shape index (κ3) is 6.79. The van der Waals surface area contributed by atoms with Gasteiger partial charge in [0.25, 0.3) is 5.91 Å². The van der Waals surface area contributed by atoms with Gasteiger partial charge in [0.2, 0.25) is 5.91 Å². The predicted molar refractivity (Wildman–Crippen MR) is 147 cm³/mol. The number of nitrogens with zero attached hydrogens (tertiary/aromatic N) is 2. The van der Waals surface area contributed by atoms with Crippen LogP contribution in [-0.4, -0.2) is 47.0 Å². The van der Waals surface area contributed by atoms with E-state index in [1.165, 1.54) is 12.1 Å². The molecule has 8 nitrogen and oxygen atoms in total. The monoisotopic (exact) mass is 532 g/mol. The fraction of sp³-hybridized carbons (Fsp3) is 0.333. The minimum absolute atomic E-state index is 0.0313. The number of carbonyl (C=O) groups excluding carboxylic acids is 2. The van der Waals surface area contributed by atoms with Crippen LogP contribution in [0.25, 0.3) is 0 Å². The number of nitrogens with one attached hydrogen (secondary N) is 2. The predicted octanol–water partition coefficient (Wildman–Crippen LogP) is 4.29. The molecule has 204 valence electrons. The van der Waals surface area contributed by atoms with Gasteiger partial charge < -0.3 is 20.6 Å². The lowest BCUT2D eigenvalue weighted by Gasteiger charge is -2.19. The van der Waals surface area contributed by atoms with Crippen molar-refractivity contribution in [3.8, 4) is 0 Å². The van der Waals surface area contributed by atoms with E-state index in [9.17, 15) is 23.9 Å². The van der Waals surface area contributed by atoms with E-state index in [0.717, 1.165) is 17.1 Å². The minimum Gasteiger partial charge on any atom is -0.480 e. The highest BCUT2D eigenvalue weighted by Crippen LogP contribution is 2.26. The number of aliphatic carboxylic acids is 1. The summed E-state index contributed by atoms with van der Waals surface area (Å²) in [7, 11) is 0. The number of halogens is 1. The van der Waals surface area contributed by atoms with Gasteiger partial charge >= 0.3 is 5.97 Å². The Kier molecular flexibility index (Phi) is 8.59. The van der Waals surface area contributed by atoms with Crippen molar-refractivity contribution in [2.75, 3.05) is 23.3 Å². The van der Waals surface area contributed by atoms with Crippen molar-refractivity contribution in [1.82, 2.24) is 10.3 Å². The maximum atomic E-state index is 13.8. The van der Waals surface area contributed by atoms with Gasteiger partial charge in [-0.2, -0.15) is 0 Å². The molecular weight excluding hydrogens is 499 g/mol. The van der Waals surface area contributed by atoms with Crippen molar-refractivity contribution in [3.05, 3.63) is 88.4 Å². The fourth-order valence-electron chi connectivity index (χ4n) is 4.94. The van der Waals surface area contributed by atoms with Crippen molar-refractivity contribution >= 4 is 29.3 Å². The van der Waals surface area contributed by atoms with Crippen LogP contribution in [0.5, 0.6) is 0 Å². The second-order valence-electron chi connectivity index (χ2n) is 10.0. The van der Waals surface area contributed by atoms with E-state index in [1.54, 1.807) is 42.3 Å². The summed E-state index contributed by atoms with van der Waals surface area (Å²) in [5.41, 5.74) is 3.83. The number of amides is 2. The standard InChI is InChI=1S/C30H33FN4O4/c1-4-22-15-23(31)12-19(3)28(22)29(37)34-25(30(38)39)13-20-5-7-24(8-6-20)35-17-21(14-27(35)36)16-33-26-11-18(2)9-10-32-26/h5-12,15,21,25H,4,13-14,16-17H2,1-3H3,(H,32,33)(H,34,37)(H,38,39). The molecule has 4 rings (SSSR count). The summed E-state index contributed by atoms with van der Waals surface area (Å²) in [6.45, 7) is 6.64. The molecule has 3 aromatic rings. The van der Waals surface area contributed by atoms with Gasteiger partial charge in [-0.3, -0.25) is 9.59 Å². The first-order valence-corrected chi connectivity index (χ1v) is 13.0. The highest BCUT2D eigenvalue weighted by atomic mass is 19.1. The normalized spacial score (nSPS) is 15.7. The molecule has 1 aliphatic heterocycles. The number of aromatic nitrogens is 1. The molecule has 2 atom stereocenters. The number of rotatable bonds is 10. The van der Waals surface area contributed by atoms with Gasteiger partial charge in [0.1, 0.15) is 17.7 Å². The van der Waals surface area contributed by atoms with Gasteiger partial charge in [-0.15, -0.1) is 0 Å². The number of benzene rings is 2. The number of carboxylic acids is 1. The Morgan fingerprint density at radius 2 is 1.90 bits per heavy atom. The van der Waals surface area contributed by atoms with Crippen LogP contribution in [0.15, 0.2) is 54.7 Å². The maximum Gasteiger partial charge on any atom is 0.326 e. The third-order valence-corrected chi connectivity index (χ3v) is 6.97. The number of pyridine rings is 1. The summed E-state index contributed by atoms with van der Waals surface area (Å²) >= 11 is 0. The lowest BCUT2D eigenvalue weighted by atomic mass is 9.98. The molecule has 1 aliphatic rings. The van der Waals surface area contributed by atoms with Crippen molar-refractivity contribution < 1.29 is 23.9 Å². The van der Waals surface area contributed by atoms with E-state index in [2.05, 4.69) is 15.6 Å². The second kappa shape index (κ2) is 12.1. The van der Waals surface area contributed by atoms with Crippen molar-refractivity contribution in [3.63, 3.8) is 0 Å². The second-order valence-corrected chi connectivity index (χ2v) is 10.0. The van der Waals surface area contributed by atoms with Crippen LogP contribution in [0.2, 0.25) is 0 Å². The number of carbonyl (C=O) groups is 3. The minimum atomic E-state index is -1.17. The largest absolute Gasteiger partial charge is 0.480 e. The summed E-state index contributed by atoms with van der Waals surface area (Å²) in [6.07, 6.45) is 2.68. The Balaban J connectivity index is 1.38. The number of hydrogen-bond donors (Lipinski definition) is 3. The Morgan fingerprint density at radius 3 is 2.56 bits per heavy atom.